The largest absolute Gasteiger partial charge is 0.360 e. The van der Waals surface area contributed by atoms with E-state index < -0.39 is 0 Å². The molecule has 0 radical (unpaired) electrons. The predicted molar refractivity (Wildman–Crippen MR) is 66.7 cm³/mol. The zero-order valence-electron chi connectivity index (χ0n) is 10.2. The number of hydrogen-bond acceptors (Lipinski definition) is 7. The fourth-order valence-corrected chi connectivity index (χ4v) is 1.85. The molecule has 0 fully saturated rings. The van der Waals surface area contributed by atoms with E-state index in [2.05, 4.69) is 41.0 Å². The summed E-state index contributed by atoms with van der Waals surface area (Å²) in [6.45, 7) is 3.75. The normalized spacial score (nSPS) is 12.8. The highest BCUT2D eigenvalue weighted by molar-refractivity contribution is 6.30. The molecule has 0 aliphatic carbocycles. The molecule has 98 valence electrons. The van der Waals surface area contributed by atoms with Gasteiger partial charge < -0.3 is 5.32 Å². The Morgan fingerprint density at radius 1 is 1.47 bits per heavy atom. The molecule has 0 aliphatic rings. The van der Waals surface area contributed by atoms with Gasteiger partial charge in [0.2, 0.25) is 0 Å². The summed E-state index contributed by atoms with van der Waals surface area (Å²) in [5, 5.41) is 21.5. The second-order valence-corrected chi connectivity index (χ2v) is 4.34. The molecule has 3 rings (SSSR count). The predicted octanol–water partition coefficient (Wildman–Crippen LogP) is 0.772. The van der Waals surface area contributed by atoms with Crippen molar-refractivity contribution in [3.05, 3.63) is 22.9 Å². The fraction of sp³-hybridized carbons (Fsp3) is 0.333. The number of rotatable bonds is 3. The zero-order chi connectivity index (χ0) is 13.4. The molecular weight excluding hydrogens is 270 g/mol. The van der Waals surface area contributed by atoms with Gasteiger partial charge in [0, 0.05) is 5.56 Å². The Labute approximate surface area is 112 Å². The maximum atomic E-state index is 6.08. The van der Waals surface area contributed by atoms with E-state index in [1.807, 2.05) is 13.8 Å². The van der Waals surface area contributed by atoms with Crippen molar-refractivity contribution in [3.8, 4) is 0 Å². The molecule has 0 saturated carbocycles. The Morgan fingerprint density at radius 2 is 2.32 bits per heavy atom. The number of aromatic amines is 1. The van der Waals surface area contributed by atoms with Gasteiger partial charge >= 0.3 is 0 Å². The molecule has 9 nitrogen and oxygen atoms in total. The van der Waals surface area contributed by atoms with Crippen molar-refractivity contribution in [3.63, 3.8) is 0 Å². The summed E-state index contributed by atoms with van der Waals surface area (Å²) in [5.74, 6) is 1.67. The van der Waals surface area contributed by atoms with Crippen LogP contribution in [0.15, 0.2) is 6.33 Å². The SMILES string of the molecule is Cc1c(Cl)nc2ncnn2c1NC(C)c1nn[nH]n1. The lowest BCUT2D eigenvalue weighted by atomic mass is 10.3. The first-order valence-electron chi connectivity index (χ1n) is 5.52. The topological polar surface area (TPSA) is 110 Å². The first kappa shape index (κ1) is 11.8. The van der Waals surface area contributed by atoms with Crippen LogP contribution in [0.2, 0.25) is 5.15 Å². The molecule has 0 amide bonds. The number of aromatic nitrogens is 8. The molecule has 0 bridgehead atoms. The standard InChI is InChI=1S/C9H10ClN9/c1-4-6(10)14-9-11-3-12-19(9)8(4)13-5(2)7-15-17-18-16-7/h3,5,13H,1-2H3,(H,15,16,17,18). The van der Waals surface area contributed by atoms with E-state index in [0.29, 0.717) is 22.6 Å². The Bertz CT molecular complexity index is 704. The average Bonchev–Trinajstić information content (AvgIpc) is 3.04. The van der Waals surface area contributed by atoms with Gasteiger partial charge in [0.1, 0.15) is 17.3 Å². The van der Waals surface area contributed by atoms with E-state index in [9.17, 15) is 0 Å². The smallest absolute Gasteiger partial charge is 0.255 e. The summed E-state index contributed by atoms with van der Waals surface area (Å²) in [5.41, 5.74) is 0.773. The van der Waals surface area contributed by atoms with Crippen LogP contribution in [0.1, 0.15) is 24.4 Å². The molecule has 10 heteroatoms. The Morgan fingerprint density at radius 3 is 3.05 bits per heavy atom. The molecule has 3 heterocycles. The number of fused-ring (bicyclic) bond motifs is 1. The summed E-state index contributed by atoms with van der Waals surface area (Å²) in [7, 11) is 0. The highest BCUT2D eigenvalue weighted by Crippen LogP contribution is 2.24. The average molecular weight is 280 g/mol. The third kappa shape index (κ3) is 1.97. The quantitative estimate of drug-likeness (QED) is 0.681. The van der Waals surface area contributed by atoms with Gasteiger partial charge in [-0.05, 0) is 13.8 Å². The molecule has 3 aromatic rings. The lowest BCUT2D eigenvalue weighted by molar-refractivity contribution is 0.772. The number of nitrogens with zero attached hydrogens (tertiary/aromatic N) is 7. The van der Waals surface area contributed by atoms with E-state index >= 15 is 0 Å². The van der Waals surface area contributed by atoms with E-state index in [4.69, 9.17) is 11.6 Å². The minimum absolute atomic E-state index is 0.164. The van der Waals surface area contributed by atoms with Gasteiger partial charge in [-0.15, -0.1) is 10.2 Å². The van der Waals surface area contributed by atoms with Crippen LogP contribution in [0.25, 0.3) is 5.78 Å². The van der Waals surface area contributed by atoms with Gasteiger partial charge in [0.25, 0.3) is 5.78 Å². The van der Waals surface area contributed by atoms with E-state index in [0.717, 1.165) is 5.56 Å². The van der Waals surface area contributed by atoms with Crippen molar-refractivity contribution in [1.82, 2.24) is 40.2 Å². The van der Waals surface area contributed by atoms with Crippen LogP contribution < -0.4 is 5.32 Å². The molecule has 0 spiro atoms. The second-order valence-electron chi connectivity index (χ2n) is 3.98. The van der Waals surface area contributed by atoms with Crippen molar-refractivity contribution in [2.75, 3.05) is 5.32 Å². The van der Waals surface area contributed by atoms with Crippen molar-refractivity contribution >= 4 is 23.2 Å². The fourth-order valence-electron chi connectivity index (χ4n) is 1.69. The molecule has 2 N–H and O–H groups in total. The third-order valence-electron chi connectivity index (χ3n) is 2.71. The number of hydrogen-bond donors (Lipinski definition) is 2. The maximum Gasteiger partial charge on any atom is 0.255 e. The summed E-state index contributed by atoms with van der Waals surface area (Å²) < 4.78 is 1.58. The maximum absolute atomic E-state index is 6.08. The van der Waals surface area contributed by atoms with E-state index in [-0.39, 0.29) is 6.04 Å². The molecule has 1 unspecified atom stereocenters. The van der Waals surface area contributed by atoms with Gasteiger partial charge in [0.15, 0.2) is 5.82 Å². The first-order chi connectivity index (χ1) is 9.16. The molecule has 1 atom stereocenters. The van der Waals surface area contributed by atoms with Gasteiger partial charge in [-0.25, -0.2) is 0 Å². The monoisotopic (exact) mass is 279 g/mol. The molecule has 0 aliphatic heterocycles. The molecular formula is C9H10ClN9. The number of halogens is 1. The molecule has 0 aromatic carbocycles. The summed E-state index contributed by atoms with van der Waals surface area (Å²) in [6, 6.07) is -0.164. The van der Waals surface area contributed by atoms with Crippen LogP contribution in [0.4, 0.5) is 5.82 Å². The van der Waals surface area contributed by atoms with Crippen LogP contribution in [-0.4, -0.2) is 40.2 Å². The Kier molecular flexibility index (Phi) is 2.75. The van der Waals surface area contributed by atoms with E-state index in [1.54, 1.807) is 4.52 Å². The van der Waals surface area contributed by atoms with Crippen molar-refractivity contribution < 1.29 is 0 Å². The third-order valence-corrected chi connectivity index (χ3v) is 3.07. The summed E-state index contributed by atoms with van der Waals surface area (Å²) in [6.07, 6.45) is 1.42. The number of tetrazole rings is 1. The van der Waals surface area contributed by atoms with Crippen LogP contribution in [0.5, 0.6) is 0 Å². The number of anilines is 1. The van der Waals surface area contributed by atoms with Crippen LogP contribution in [0, 0.1) is 6.92 Å². The highest BCUT2D eigenvalue weighted by atomic mass is 35.5. The van der Waals surface area contributed by atoms with Crippen LogP contribution in [-0.2, 0) is 0 Å². The van der Waals surface area contributed by atoms with Crippen LogP contribution in [0.3, 0.4) is 0 Å². The zero-order valence-corrected chi connectivity index (χ0v) is 10.9. The van der Waals surface area contributed by atoms with Crippen molar-refractivity contribution in [2.24, 2.45) is 0 Å². The highest BCUT2D eigenvalue weighted by Gasteiger charge is 2.17. The van der Waals surface area contributed by atoms with Crippen molar-refractivity contribution in [1.29, 1.82) is 0 Å². The van der Waals surface area contributed by atoms with Crippen molar-refractivity contribution in [2.45, 2.75) is 19.9 Å². The first-order valence-corrected chi connectivity index (χ1v) is 5.90. The molecule has 0 saturated heterocycles. The van der Waals surface area contributed by atoms with Gasteiger partial charge in [-0.2, -0.15) is 24.8 Å². The summed E-state index contributed by atoms with van der Waals surface area (Å²) in [4.78, 5) is 8.15. The minimum atomic E-state index is -0.164. The summed E-state index contributed by atoms with van der Waals surface area (Å²) >= 11 is 6.08. The Balaban J connectivity index is 2.04. The number of nitrogens with one attached hydrogen (secondary N) is 2. The van der Waals surface area contributed by atoms with Gasteiger partial charge in [-0.1, -0.05) is 16.8 Å². The lowest BCUT2D eigenvalue weighted by Crippen LogP contribution is -2.14. The second kappa shape index (κ2) is 4.43. The minimum Gasteiger partial charge on any atom is -0.360 e. The van der Waals surface area contributed by atoms with Gasteiger partial charge in [0.05, 0.1) is 6.04 Å². The van der Waals surface area contributed by atoms with Crippen LogP contribution >= 0.6 is 11.6 Å². The van der Waals surface area contributed by atoms with Gasteiger partial charge in [-0.3, -0.25) is 0 Å². The van der Waals surface area contributed by atoms with E-state index in [1.165, 1.54) is 6.33 Å². The Hall–Kier alpha value is -2.29. The number of H-pyrrole nitrogens is 1. The molecule has 19 heavy (non-hydrogen) atoms. The lowest BCUT2D eigenvalue weighted by Gasteiger charge is -2.15. The molecule has 3 aromatic heterocycles.